The van der Waals surface area contributed by atoms with Gasteiger partial charge in [-0.2, -0.15) is 0 Å². The highest BCUT2D eigenvalue weighted by atomic mass is 32.2. The molecular formula is C10H15O3S-. The number of Topliss-reactive ketones (excluding diaryl/α,β-unsaturated/α-hetero) is 1. The second-order valence-corrected chi connectivity index (χ2v) is 6.01. The molecule has 80 valence electrons. The molecule has 0 aromatic rings. The van der Waals surface area contributed by atoms with E-state index in [-0.39, 0.29) is 17.0 Å². The molecule has 2 fully saturated rings. The van der Waals surface area contributed by atoms with Crippen LogP contribution in [-0.2, 0) is 15.9 Å². The summed E-state index contributed by atoms with van der Waals surface area (Å²) in [5.41, 5.74) is -0.686. The molecule has 0 aromatic carbocycles. The Morgan fingerprint density at radius 2 is 2.21 bits per heavy atom. The van der Waals surface area contributed by atoms with Crippen LogP contribution in [0.2, 0.25) is 0 Å². The fraction of sp³-hybridized carbons (Fsp3) is 0.900. The van der Waals surface area contributed by atoms with Crippen molar-refractivity contribution >= 4 is 16.9 Å². The van der Waals surface area contributed by atoms with Gasteiger partial charge in [-0.1, -0.05) is 24.9 Å². The number of hydrogen-bond donors (Lipinski definition) is 0. The molecule has 0 heterocycles. The van der Waals surface area contributed by atoms with Gasteiger partial charge in [0.1, 0.15) is 5.78 Å². The number of hydrogen-bond acceptors (Lipinski definition) is 3. The lowest BCUT2D eigenvalue weighted by atomic mass is 9.70. The van der Waals surface area contributed by atoms with E-state index in [1.54, 1.807) is 0 Å². The lowest BCUT2D eigenvalue weighted by Gasteiger charge is -2.37. The number of rotatable bonds is 2. The zero-order chi connectivity index (χ0) is 10.6. The Kier molecular flexibility index (Phi) is 2.13. The van der Waals surface area contributed by atoms with Gasteiger partial charge in [-0.25, -0.2) is 0 Å². The highest BCUT2D eigenvalue weighted by Crippen LogP contribution is 2.63. The van der Waals surface area contributed by atoms with Gasteiger partial charge in [-0.15, -0.1) is 0 Å². The molecule has 3 nitrogen and oxygen atoms in total. The minimum Gasteiger partial charge on any atom is -0.772 e. The standard InChI is InChI=1S/C10H16O3S/c1-9(2)7-3-4-10(9,6-14(12)13)8(11)5-7/h7H,3-6H2,1-2H3,(H,12,13)/p-1. The summed E-state index contributed by atoms with van der Waals surface area (Å²) in [6.07, 6.45) is 2.36. The summed E-state index contributed by atoms with van der Waals surface area (Å²) >= 11 is -2.11. The van der Waals surface area contributed by atoms with E-state index < -0.39 is 16.5 Å². The van der Waals surface area contributed by atoms with Crippen LogP contribution in [0.1, 0.15) is 33.1 Å². The lowest BCUT2D eigenvalue weighted by molar-refractivity contribution is -0.128. The van der Waals surface area contributed by atoms with Crippen LogP contribution in [0.15, 0.2) is 0 Å². The second-order valence-electron chi connectivity index (χ2n) is 5.11. The Labute approximate surface area is 86.6 Å². The molecule has 2 aliphatic rings. The van der Waals surface area contributed by atoms with Crippen molar-refractivity contribution in [2.75, 3.05) is 5.75 Å². The van der Waals surface area contributed by atoms with Gasteiger partial charge in [0, 0.05) is 17.6 Å². The summed E-state index contributed by atoms with van der Waals surface area (Å²) in [5, 5.41) is 0. The van der Waals surface area contributed by atoms with Crippen molar-refractivity contribution in [1.29, 1.82) is 0 Å². The van der Waals surface area contributed by atoms with Gasteiger partial charge in [-0.3, -0.25) is 9.00 Å². The summed E-state index contributed by atoms with van der Waals surface area (Å²) in [7, 11) is 0. The zero-order valence-corrected chi connectivity index (χ0v) is 9.36. The average Bonchev–Trinajstić information content (AvgIpc) is 2.36. The van der Waals surface area contributed by atoms with E-state index in [9.17, 15) is 13.6 Å². The van der Waals surface area contributed by atoms with Crippen LogP contribution < -0.4 is 0 Å². The first-order valence-electron chi connectivity index (χ1n) is 4.99. The van der Waals surface area contributed by atoms with Crippen LogP contribution in [0.25, 0.3) is 0 Å². The third kappa shape index (κ3) is 1.07. The molecule has 0 N–H and O–H groups in total. The molecule has 3 unspecified atom stereocenters. The highest BCUT2D eigenvalue weighted by Gasteiger charge is 2.63. The van der Waals surface area contributed by atoms with Crippen molar-refractivity contribution in [3.8, 4) is 0 Å². The van der Waals surface area contributed by atoms with Crippen LogP contribution in [0, 0.1) is 16.7 Å². The maximum atomic E-state index is 11.8. The van der Waals surface area contributed by atoms with Crippen LogP contribution in [0.5, 0.6) is 0 Å². The van der Waals surface area contributed by atoms with Gasteiger partial charge in [0.05, 0.1) is 0 Å². The maximum Gasteiger partial charge on any atom is 0.140 e. The molecule has 0 aliphatic heterocycles. The summed E-state index contributed by atoms with van der Waals surface area (Å²) in [6, 6.07) is 0. The van der Waals surface area contributed by atoms with Gasteiger partial charge in [0.2, 0.25) is 0 Å². The smallest absolute Gasteiger partial charge is 0.140 e. The first-order chi connectivity index (χ1) is 6.40. The molecule has 0 amide bonds. The molecule has 0 saturated heterocycles. The molecule has 2 bridgehead atoms. The molecule has 4 heteroatoms. The Morgan fingerprint density at radius 3 is 2.57 bits per heavy atom. The molecule has 0 radical (unpaired) electrons. The predicted octanol–water partition coefficient (Wildman–Crippen LogP) is 1.26. The second kappa shape index (κ2) is 2.89. The van der Waals surface area contributed by atoms with Gasteiger partial charge >= 0.3 is 0 Å². The van der Waals surface area contributed by atoms with Crippen LogP contribution in [0.3, 0.4) is 0 Å². The fourth-order valence-electron chi connectivity index (χ4n) is 3.31. The van der Waals surface area contributed by atoms with Gasteiger partial charge in [0.25, 0.3) is 0 Å². The van der Waals surface area contributed by atoms with E-state index in [0.29, 0.717) is 12.3 Å². The van der Waals surface area contributed by atoms with Gasteiger partial charge in [-0.05, 0) is 24.2 Å². The Hall–Kier alpha value is -0.220. The number of carbonyl (C=O) groups excluding carboxylic acids is 1. The quantitative estimate of drug-likeness (QED) is 0.652. The van der Waals surface area contributed by atoms with Gasteiger partial charge < -0.3 is 4.55 Å². The Bertz CT molecular complexity index is 310. The van der Waals surface area contributed by atoms with E-state index in [2.05, 4.69) is 0 Å². The SMILES string of the molecule is CC1(C)C2CCC1(CS(=O)[O-])C(=O)C2. The van der Waals surface area contributed by atoms with Crippen LogP contribution in [-0.4, -0.2) is 20.3 Å². The minimum absolute atomic E-state index is 0.0231. The number of carbonyl (C=O) groups is 1. The normalized spacial score (nSPS) is 41.6. The van der Waals surface area contributed by atoms with Crippen molar-refractivity contribution in [1.82, 2.24) is 0 Å². The van der Waals surface area contributed by atoms with E-state index in [0.717, 1.165) is 12.8 Å². The summed E-state index contributed by atoms with van der Waals surface area (Å²) in [4.78, 5) is 11.8. The monoisotopic (exact) mass is 215 g/mol. The number of ketones is 1. The fourth-order valence-corrected chi connectivity index (χ4v) is 4.39. The van der Waals surface area contributed by atoms with Crippen molar-refractivity contribution in [2.24, 2.45) is 16.7 Å². The topological polar surface area (TPSA) is 57.2 Å². The first kappa shape index (κ1) is 10.3. The third-order valence-electron chi connectivity index (χ3n) is 4.50. The summed E-state index contributed by atoms with van der Waals surface area (Å²) < 4.78 is 21.6. The molecule has 0 spiro atoms. The summed E-state index contributed by atoms with van der Waals surface area (Å²) in [6.45, 7) is 4.09. The molecule has 0 aromatic heterocycles. The zero-order valence-electron chi connectivity index (χ0n) is 8.54. The Balaban J connectivity index is 2.39. The minimum atomic E-state index is -2.11. The molecule has 2 saturated carbocycles. The van der Waals surface area contributed by atoms with E-state index in [4.69, 9.17) is 0 Å². The Morgan fingerprint density at radius 1 is 1.57 bits per heavy atom. The highest BCUT2D eigenvalue weighted by molar-refractivity contribution is 7.79. The molecule has 2 aliphatic carbocycles. The van der Waals surface area contributed by atoms with Crippen molar-refractivity contribution < 1.29 is 13.6 Å². The molecule has 14 heavy (non-hydrogen) atoms. The lowest BCUT2D eigenvalue weighted by Crippen LogP contribution is -2.40. The number of fused-ring (bicyclic) bond motifs is 2. The van der Waals surface area contributed by atoms with E-state index >= 15 is 0 Å². The first-order valence-corrected chi connectivity index (χ1v) is 6.24. The van der Waals surface area contributed by atoms with Crippen molar-refractivity contribution in [2.45, 2.75) is 33.1 Å². The van der Waals surface area contributed by atoms with E-state index in [1.807, 2.05) is 13.8 Å². The largest absolute Gasteiger partial charge is 0.772 e. The maximum absolute atomic E-state index is 11.8. The van der Waals surface area contributed by atoms with Gasteiger partial charge in [0.15, 0.2) is 0 Å². The van der Waals surface area contributed by atoms with Crippen LogP contribution >= 0.6 is 0 Å². The van der Waals surface area contributed by atoms with Crippen molar-refractivity contribution in [3.63, 3.8) is 0 Å². The third-order valence-corrected chi connectivity index (χ3v) is 5.23. The molecular weight excluding hydrogens is 200 g/mol. The van der Waals surface area contributed by atoms with Crippen LogP contribution in [0.4, 0.5) is 0 Å². The predicted molar refractivity (Wildman–Crippen MR) is 52.3 cm³/mol. The molecule has 2 rings (SSSR count). The average molecular weight is 215 g/mol. The summed E-state index contributed by atoms with van der Waals surface area (Å²) in [5.74, 6) is 0.594. The van der Waals surface area contributed by atoms with Crippen molar-refractivity contribution in [3.05, 3.63) is 0 Å². The molecule has 3 atom stereocenters. The van der Waals surface area contributed by atoms with E-state index in [1.165, 1.54) is 0 Å².